The molecule has 0 aliphatic carbocycles. The van der Waals surface area contributed by atoms with Crippen molar-refractivity contribution in [1.82, 2.24) is 24.7 Å². The number of halogens is 1. The van der Waals surface area contributed by atoms with Crippen molar-refractivity contribution in [3.8, 4) is 5.88 Å². The molecule has 0 fully saturated rings. The zero-order chi connectivity index (χ0) is 18.0. The summed E-state index contributed by atoms with van der Waals surface area (Å²) in [5, 5.41) is 8.28. The maximum Gasteiger partial charge on any atom is 0.255 e. The number of fused-ring (bicyclic) bond motifs is 1. The first-order valence-corrected chi connectivity index (χ1v) is 9.01. The monoisotopic (exact) mass is 374 g/mol. The maximum absolute atomic E-state index is 12.0. The standard InChI is InChI=1S/C13H19ClN6O3S/c1-13(2,7-24(21,22)17-9-19(3)4)6-23-12-10(14)5-11-15-8-16-20(11)18-12/h5,8-9H,6-7H2,1-4H3/b17-9+. The summed E-state index contributed by atoms with van der Waals surface area (Å²) < 4.78 is 34.5. The predicted octanol–water partition coefficient (Wildman–Crippen LogP) is 1.10. The molecule has 0 bridgehead atoms. The highest BCUT2D eigenvalue weighted by atomic mass is 35.5. The third-order valence-electron chi connectivity index (χ3n) is 2.81. The number of nitrogens with zero attached hydrogens (tertiary/aromatic N) is 6. The third kappa shape index (κ3) is 5.03. The Labute approximate surface area is 145 Å². The number of sulfonamides is 1. The van der Waals surface area contributed by atoms with Gasteiger partial charge >= 0.3 is 0 Å². The average Bonchev–Trinajstić information content (AvgIpc) is 2.89. The minimum absolute atomic E-state index is 0.0939. The molecule has 0 radical (unpaired) electrons. The van der Waals surface area contributed by atoms with Crippen molar-refractivity contribution in [2.75, 3.05) is 26.5 Å². The second-order valence-electron chi connectivity index (χ2n) is 6.27. The third-order valence-corrected chi connectivity index (χ3v) is 4.65. The lowest BCUT2D eigenvalue weighted by Crippen LogP contribution is -2.30. The number of rotatable bonds is 7. The van der Waals surface area contributed by atoms with Crippen LogP contribution >= 0.6 is 11.6 Å². The smallest absolute Gasteiger partial charge is 0.255 e. The number of hydrogen-bond acceptors (Lipinski definition) is 6. The number of aromatic nitrogens is 4. The van der Waals surface area contributed by atoms with Gasteiger partial charge in [0.2, 0.25) is 0 Å². The van der Waals surface area contributed by atoms with E-state index in [-0.39, 0.29) is 23.3 Å². The average molecular weight is 375 g/mol. The summed E-state index contributed by atoms with van der Waals surface area (Å²) in [5.74, 6) is -0.00926. The first kappa shape index (κ1) is 18.4. The lowest BCUT2D eigenvalue weighted by Gasteiger charge is -2.23. The van der Waals surface area contributed by atoms with Crippen molar-refractivity contribution in [2.45, 2.75) is 13.8 Å². The van der Waals surface area contributed by atoms with Crippen molar-refractivity contribution < 1.29 is 13.2 Å². The molecule has 0 aliphatic heterocycles. The van der Waals surface area contributed by atoms with Crippen LogP contribution in [0.25, 0.3) is 5.65 Å². The molecule has 24 heavy (non-hydrogen) atoms. The Hall–Kier alpha value is -1.94. The second kappa shape index (κ2) is 6.89. The van der Waals surface area contributed by atoms with Gasteiger partial charge in [-0.1, -0.05) is 25.4 Å². The van der Waals surface area contributed by atoms with Crippen molar-refractivity contribution in [3.63, 3.8) is 0 Å². The van der Waals surface area contributed by atoms with Crippen LogP contribution in [0.4, 0.5) is 0 Å². The van der Waals surface area contributed by atoms with Gasteiger partial charge in [-0.15, -0.1) is 14.8 Å². The van der Waals surface area contributed by atoms with E-state index >= 15 is 0 Å². The molecule has 2 aromatic heterocycles. The molecule has 0 aliphatic rings. The molecule has 0 aromatic carbocycles. The first-order chi connectivity index (χ1) is 11.1. The van der Waals surface area contributed by atoms with E-state index in [0.29, 0.717) is 5.65 Å². The fourth-order valence-electron chi connectivity index (χ4n) is 1.83. The molecule has 0 spiro atoms. The van der Waals surface area contributed by atoms with Gasteiger partial charge in [0, 0.05) is 25.6 Å². The molecule has 11 heteroatoms. The SMILES string of the molecule is CN(C)/C=N/S(=O)(=O)CC(C)(C)COc1nn2ncnc2cc1Cl. The van der Waals surface area contributed by atoms with Gasteiger partial charge in [-0.25, -0.2) is 13.4 Å². The molecule has 0 saturated carbocycles. The molecule has 0 amide bonds. The fraction of sp³-hybridized carbons (Fsp3) is 0.538. The second-order valence-corrected chi connectivity index (χ2v) is 8.34. The van der Waals surface area contributed by atoms with Crippen LogP contribution in [0.15, 0.2) is 16.8 Å². The normalized spacial score (nSPS) is 12.9. The zero-order valence-electron chi connectivity index (χ0n) is 13.8. The van der Waals surface area contributed by atoms with Crippen molar-refractivity contribution in [2.24, 2.45) is 9.81 Å². The molecule has 0 saturated heterocycles. The highest BCUT2D eigenvalue weighted by Crippen LogP contribution is 2.25. The van der Waals surface area contributed by atoms with Crippen LogP contribution in [0.1, 0.15) is 13.8 Å². The summed E-state index contributed by atoms with van der Waals surface area (Å²) in [7, 11) is -0.216. The van der Waals surface area contributed by atoms with Gasteiger partial charge in [-0.3, -0.25) is 0 Å². The minimum atomic E-state index is -3.61. The Balaban J connectivity index is 2.07. The van der Waals surface area contributed by atoms with Gasteiger partial charge in [-0.05, 0) is 0 Å². The Morgan fingerprint density at radius 3 is 2.83 bits per heavy atom. The van der Waals surface area contributed by atoms with E-state index in [2.05, 4.69) is 19.6 Å². The van der Waals surface area contributed by atoms with Gasteiger partial charge in [0.15, 0.2) is 5.65 Å². The van der Waals surface area contributed by atoms with Gasteiger partial charge < -0.3 is 9.64 Å². The molecule has 2 rings (SSSR count). The highest BCUT2D eigenvalue weighted by Gasteiger charge is 2.27. The molecule has 2 aromatic rings. The lowest BCUT2D eigenvalue weighted by atomic mass is 9.98. The Morgan fingerprint density at radius 1 is 1.46 bits per heavy atom. The summed E-state index contributed by atoms with van der Waals surface area (Å²) in [6.07, 6.45) is 2.60. The summed E-state index contributed by atoms with van der Waals surface area (Å²) >= 11 is 6.09. The Kier molecular flexibility index (Phi) is 5.29. The predicted molar refractivity (Wildman–Crippen MR) is 91.0 cm³/mol. The largest absolute Gasteiger partial charge is 0.475 e. The van der Waals surface area contributed by atoms with E-state index in [9.17, 15) is 8.42 Å². The summed E-state index contributed by atoms with van der Waals surface area (Å²) in [6, 6.07) is 1.57. The van der Waals surface area contributed by atoms with Gasteiger partial charge in [0.25, 0.3) is 15.9 Å². The van der Waals surface area contributed by atoms with Gasteiger partial charge in [0.1, 0.15) is 17.7 Å². The molecule has 132 valence electrons. The van der Waals surface area contributed by atoms with Crippen LogP contribution in [0.2, 0.25) is 5.02 Å². The first-order valence-electron chi connectivity index (χ1n) is 7.02. The van der Waals surface area contributed by atoms with Crippen LogP contribution in [-0.4, -0.2) is 65.9 Å². The molecule has 2 heterocycles. The number of ether oxygens (including phenoxy) is 1. The van der Waals surface area contributed by atoms with Crippen LogP contribution in [0.3, 0.4) is 0 Å². The summed E-state index contributed by atoms with van der Waals surface area (Å²) in [6.45, 7) is 3.62. The van der Waals surface area contributed by atoms with Gasteiger partial charge in [-0.2, -0.15) is 4.40 Å². The molecule has 0 atom stereocenters. The van der Waals surface area contributed by atoms with Crippen molar-refractivity contribution in [3.05, 3.63) is 17.4 Å². The van der Waals surface area contributed by atoms with E-state index in [1.54, 1.807) is 38.9 Å². The summed E-state index contributed by atoms with van der Waals surface area (Å²) in [5.41, 5.74) is -0.197. The zero-order valence-corrected chi connectivity index (χ0v) is 15.4. The fourth-order valence-corrected chi connectivity index (χ4v) is 3.49. The molecular formula is C13H19ClN6O3S. The van der Waals surface area contributed by atoms with Crippen molar-refractivity contribution in [1.29, 1.82) is 0 Å². The van der Waals surface area contributed by atoms with E-state index in [4.69, 9.17) is 16.3 Å². The molecule has 9 nitrogen and oxygen atoms in total. The number of hydrogen-bond donors (Lipinski definition) is 0. The van der Waals surface area contributed by atoms with Gasteiger partial charge in [0.05, 0.1) is 12.4 Å². The van der Waals surface area contributed by atoms with E-state index in [1.165, 1.54) is 17.3 Å². The van der Waals surface area contributed by atoms with Crippen molar-refractivity contribution >= 4 is 33.6 Å². The van der Waals surface area contributed by atoms with E-state index in [1.807, 2.05) is 0 Å². The van der Waals surface area contributed by atoms with Crippen LogP contribution in [0, 0.1) is 5.41 Å². The van der Waals surface area contributed by atoms with Crippen LogP contribution in [-0.2, 0) is 10.0 Å². The quantitative estimate of drug-likeness (QED) is 0.528. The van der Waals surface area contributed by atoms with Crippen LogP contribution in [0.5, 0.6) is 5.88 Å². The topological polar surface area (TPSA) is 102 Å². The van der Waals surface area contributed by atoms with E-state index < -0.39 is 15.4 Å². The maximum atomic E-state index is 12.0. The van der Waals surface area contributed by atoms with E-state index in [0.717, 1.165) is 0 Å². The molecule has 0 unspecified atom stereocenters. The molecular weight excluding hydrogens is 356 g/mol. The Morgan fingerprint density at radius 2 is 2.17 bits per heavy atom. The molecule has 0 N–H and O–H groups in total. The Bertz CT molecular complexity index is 847. The highest BCUT2D eigenvalue weighted by molar-refractivity contribution is 7.90. The lowest BCUT2D eigenvalue weighted by molar-refractivity contribution is 0.191. The summed E-state index contributed by atoms with van der Waals surface area (Å²) in [4.78, 5) is 5.52. The van der Waals surface area contributed by atoms with Crippen LogP contribution < -0.4 is 4.74 Å². The minimum Gasteiger partial charge on any atom is -0.475 e.